The van der Waals surface area contributed by atoms with Gasteiger partial charge in [-0.05, 0) is 63.6 Å². The van der Waals surface area contributed by atoms with E-state index in [1.54, 1.807) is 28.4 Å². The van der Waals surface area contributed by atoms with Crippen molar-refractivity contribution in [2.24, 2.45) is 0 Å². The van der Waals surface area contributed by atoms with Crippen LogP contribution in [-0.2, 0) is 41.7 Å². The number of allylic oxidation sites excluding steroid dienone is 1. The van der Waals surface area contributed by atoms with Gasteiger partial charge in [-0.1, -0.05) is 0 Å². The van der Waals surface area contributed by atoms with Crippen LogP contribution in [0.1, 0.15) is 6.92 Å². The van der Waals surface area contributed by atoms with Gasteiger partial charge in [0.15, 0.2) is 0 Å². The van der Waals surface area contributed by atoms with Gasteiger partial charge in [-0.3, -0.25) is 0 Å². The molecule has 0 aromatic carbocycles. The Morgan fingerprint density at radius 2 is 1.35 bits per heavy atom. The van der Waals surface area contributed by atoms with Gasteiger partial charge in [0, 0.05) is 28.4 Å². The molecule has 0 rings (SSSR count). The highest BCUT2D eigenvalue weighted by Crippen LogP contribution is 2.65. The Morgan fingerprint density at radius 1 is 0.941 bits per heavy atom. The van der Waals surface area contributed by atoms with Crippen LogP contribution < -0.4 is 0 Å². The van der Waals surface area contributed by atoms with E-state index >= 15 is 0 Å². The monoisotopic (exact) mass is 354 g/mol. The number of hydrogen-bond donors (Lipinski definition) is 0. The molecule has 102 valence electrons. The van der Waals surface area contributed by atoms with Gasteiger partial charge in [-0.15, -0.1) is 0 Å². The van der Waals surface area contributed by atoms with Crippen LogP contribution in [0.4, 0.5) is 0 Å². The molecule has 0 unspecified atom stereocenters. The lowest BCUT2D eigenvalue weighted by molar-refractivity contribution is 0.353. The third kappa shape index (κ3) is 7.06. The summed E-state index contributed by atoms with van der Waals surface area (Å²) < 4.78 is 20.7. The van der Waals surface area contributed by atoms with Crippen molar-refractivity contribution in [1.82, 2.24) is 0 Å². The van der Waals surface area contributed by atoms with Gasteiger partial charge in [0.2, 0.25) is 0 Å². The Labute approximate surface area is 121 Å². The fourth-order valence-corrected chi connectivity index (χ4v) is 7.14. The molecule has 0 atom stereocenters. The first-order valence-electron chi connectivity index (χ1n) is 4.32. The Bertz CT molecular complexity index is 344. The second kappa shape index (κ2) is 8.69. The van der Waals surface area contributed by atoms with Crippen molar-refractivity contribution in [3.05, 3.63) is 10.3 Å². The van der Waals surface area contributed by atoms with Crippen molar-refractivity contribution in [3.8, 4) is 0 Å². The van der Waals surface area contributed by atoms with Crippen LogP contribution in [-0.4, -0.2) is 28.4 Å². The van der Waals surface area contributed by atoms with E-state index in [4.69, 9.17) is 41.7 Å². The number of rotatable bonds is 8. The summed E-state index contributed by atoms with van der Waals surface area (Å²) in [4.78, 5) is 0.963. The van der Waals surface area contributed by atoms with E-state index in [-0.39, 0.29) is 0 Å². The maximum absolute atomic E-state index is 5.25. The molecule has 0 bridgehead atoms. The Balaban J connectivity index is 4.57. The average Bonchev–Trinajstić information content (AvgIpc) is 2.35. The minimum Gasteiger partial charge on any atom is -0.325 e. The van der Waals surface area contributed by atoms with E-state index in [2.05, 4.69) is 0 Å². The largest absolute Gasteiger partial charge is 0.325 e. The van der Waals surface area contributed by atoms with Gasteiger partial charge in [0.05, 0.1) is 0 Å². The van der Waals surface area contributed by atoms with Gasteiger partial charge in [-0.25, -0.2) is 0 Å². The smallest absolute Gasteiger partial charge is 0.251 e. The molecular weight excluding hydrogens is 338 g/mol. The first kappa shape index (κ1) is 18.6. The van der Waals surface area contributed by atoms with Crippen molar-refractivity contribution >= 4 is 57.8 Å². The molecule has 0 heterocycles. The lowest BCUT2D eigenvalue weighted by Gasteiger charge is -2.18. The van der Waals surface area contributed by atoms with Crippen LogP contribution >= 0.6 is 34.2 Å². The second-order valence-electron chi connectivity index (χ2n) is 2.55. The summed E-state index contributed by atoms with van der Waals surface area (Å²) in [5.41, 5.74) is -4.53. The molecule has 0 radical (unpaired) electrons. The lowest BCUT2D eigenvalue weighted by Crippen LogP contribution is -1.83. The van der Waals surface area contributed by atoms with Gasteiger partial charge in [0.1, 0.15) is 0 Å². The zero-order valence-electron chi connectivity index (χ0n) is 10.2. The predicted octanol–water partition coefficient (Wildman–Crippen LogP) is 4.35. The van der Waals surface area contributed by atoms with E-state index in [0.29, 0.717) is 0 Å². The van der Waals surface area contributed by atoms with Crippen LogP contribution in [0.25, 0.3) is 0 Å². The Morgan fingerprint density at radius 3 is 1.71 bits per heavy atom. The summed E-state index contributed by atoms with van der Waals surface area (Å²) in [6, 6.07) is 0. The topological polar surface area (TPSA) is 36.9 Å². The second-order valence-corrected chi connectivity index (χ2v) is 15.4. The molecule has 0 amide bonds. The molecule has 0 aliphatic heterocycles. The first-order chi connectivity index (χ1) is 7.84. The maximum Gasteiger partial charge on any atom is 0.251 e. The molecule has 4 nitrogen and oxygen atoms in total. The molecule has 0 spiro atoms. The molecule has 10 heteroatoms. The van der Waals surface area contributed by atoms with Gasteiger partial charge in [-0.2, -0.15) is 0 Å². The van der Waals surface area contributed by atoms with E-state index < -0.39 is 11.4 Å². The lowest BCUT2D eigenvalue weighted by atomic mass is 10.8. The van der Waals surface area contributed by atoms with Gasteiger partial charge in [0.25, 0.3) is 11.4 Å². The number of hydrogen-bond acceptors (Lipinski definition) is 8. The Hall–Kier alpha value is 1.58. The summed E-state index contributed by atoms with van der Waals surface area (Å²) in [6.07, 6.45) is 0. The van der Waals surface area contributed by atoms with Crippen molar-refractivity contribution < 1.29 is 18.1 Å². The highest BCUT2D eigenvalue weighted by Gasteiger charge is 2.19. The summed E-state index contributed by atoms with van der Waals surface area (Å²) >= 11 is 13.2. The van der Waals surface area contributed by atoms with E-state index in [1.165, 1.54) is 22.8 Å². The standard InChI is InChI=1S/C7H16O4P2S4/c1-7(17-13(15,10-4)11-5)6-16-12(14,8-2)9-3/h6H,1-5H3/b7-6+. The zero-order valence-corrected chi connectivity index (χ0v) is 15.3. The molecule has 0 saturated heterocycles. The molecule has 0 aliphatic rings. The van der Waals surface area contributed by atoms with Gasteiger partial charge >= 0.3 is 0 Å². The molecule has 17 heavy (non-hydrogen) atoms. The SMILES string of the molecule is COP(=S)(OC)S/C=C(\C)SP(=S)(OC)OC. The highest BCUT2D eigenvalue weighted by atomic mass is 32.9. The summed E-state index contributed by atoms with van der Waals surface area (Å²) in [5.74, 6) is 0. The van der Waals surface area contributed by atoms with E-state index in [9.17, 15) is 0 Å². The molecule has 0 aromatic heterocycles. The summed E-state index contributed by atoms with van der Waals surface area (Å²) in [7, 11) is 6.18. The fourth-order valence-electron chi connectivity index (χ4n) is 0.646. The molecule has 0 N–H and O–H groups in total. The van der Waals surface area contributed by atoms with E-state index in [0.717, 1.165) is 4.91 Å². The quantitative estimate of drug-likeness (QED) is 0.596. The van der Waals surface area contributed by atoms with Crippen molar-refractivity contribution in [1.29, 1.82) is 0 Å². The Kier molecular flexibility index (Phi) is 9.50. The summed E-state index contributed by atoms with van der Waals surface area (Å²) in [5, 5.41) is 1.87. The van der Waals surface area contributed by atoms with E-state index in [1.807, 2.05) is 12.3 Å². The van der Waals surface area contributed by atoms with Gasteiger partial charge < -0.3 is 18.1 Å². The fraction of sp³-hybridized carbons (Fsp3) is 0.714. The van der Waals surface area contributed by atoms with Crippen LogP contribution in [0.3, 0.4) is 0 Å². The third-order valence-corrected chi connectivity index (χ3v) is 12.4. The van der Waals surface area contributed by atoms with Crippen molar-refractivity contribution in [2.45, 2.75) is 6.92 Å². The van der Waals surface area contributed by atoms with Crippen LogP contribution in [0, 0.1) is 0 Å². The third-order valence-electron chi connectivity index (χ3n) is 1.50. The highest BCUT2D eigenvalue weighted by molar-refractivity contribution is 8.70. The van der Waals surface area contributed by atoms with Crippen molar-refractivity contribution in [2.75, 3.05) is 28.4 Å². The van der Waals surface area contributed by atoms with Crippen LogP contribution in [0.2, 0.25) is 0 Å². The minimum atomic E-state index is -2.27. The van der Waals surface area contributed by atoms with Crippen LogP contribution in [0.5, 0.6) is 0 Å². The van der Waals surface area contributed by atoms with Crippen molar-refractivity contribution in [3.63, 3.8) is 0 Å². The average molecular weight is 354 g/mol. The molecule has 0 fully saturated rings. The van der Waals surface area contributed by atoms with Crippen LogP contribution in [0.15, 0.2) is 10.3 Å². The predicted molar refractivity (Wildman–Crippen MR) is 85.5 cm³/mol. The zero-order chi connectivity index (χ0) is 13.5. The maximum atomic E-state index is 5.25. The molecule has 0 aliphatic carbocycles. The first-order valence-corrected chi connectivity index (χ1v) is 12.5. The normalized spacial score (nSPS) is 14.1. The molecular formula is C7H16O4P2S4. The molecule has 0 aromatic rings. The summed E-state index contributed by atoms with van der Waals surface area (Å²) in [6.45, 7) is 1.92. The minimum absolute atomic E-state index is 0.963. The molecule has 0 saturated carbocycles.